The Bertz CT molecular complexity index is 632. The van der Waals surface area contributed by atoms with E-state index in [-0.39, 0.29) is 5.91 Å². The van der Waals surface area contributed by atoms with Gasteiger partial charge in [-0.25, -0.2) is 0 Å². The van der Waals surface area contributed by atoms with Crippen molar-refractivity contribution in [1.82, 2.24) is 0 Å². The number of carbonyl (C=O) groups is 1. The predicted molar refractivity (Wildman–Crippen MR) is 85.6 cm³/mol. The number of halogens is 2. The number of benzene rings is 1. The van der Waals surface area contributed by atoms with Crippen LogP contribution in [0.15, 0.2) is 22.7 Å². The van der Waals surface area contributed by atoms with E-state index in [4.69, 9.17) is 11.6 Å². The van der Waals surface area contributed by atoms with E-state index < -0.39 is 0 Å². The molecule has 2 nitrogen and oxygen atoms in total. The number of hydrogen-bond acceptors (Lipinski definition) is 2. The average molecular weight is 359 g/mol. The van der Waals surface area contributed by atoms with Crippen LogP contribution in [0, 0.1) is 20.8 Å². The Balaban J connectivity index is 2.26. The molecule has 0 saturated heterocycles. The standard InChI is InChI=1S/C14H13BrClNOS/c1-7-5-13(19-9(7)3)14(18)17-12-6-11(16)8(2)4-10(12)15/h4-6H,1-3H3,(H,17,18). The molecule has 1 amide bonds. The molecule has 0 bridgehead atoms. The molecule has 2 rings (SSSR count). The van der Waals surface area contributed by atoms with E-state index in [1.54, 1.807) is 6.07 Å². The lowest BCUT2D eigenvalue weighted by atomic mass is 10.2. The Labute approximate surface area is 129 Å². The van der Waals surface area contributed by atoms with Gasteiger partial charge in [0.2, 0.25) is 0 Å². The van der Waals surface area contributed by atoms with Gasteiger partial charge < -0.3 is 5.32 Å². The largest absolute Gasteiger partial charge is 0.320 e. The van der Waals surface area contributed by atoms with Gasteiger partial charge in [0.1, 0.15) is 0 Å². The first-order valence-corrected chi connectivity index (χ1v) is 7.71. The molecule has 1 heterocycles. The van der Waals surface area contributed by atoms with Crippen LogP contribution in [0.25, 0.3) is 0 Å². The maximum Gasteiger partial charge on any atom is 0.265 e. The molecule has 0 aliphatic heterocycles. The minimum Gasteiger partial charge on any atom is -0.320 e. The Hall–Kier alpha value is -0.840. The first kappa shape index (κ1) is 14.6. The fourth-order valence-corrected chi connectivity index (χ4v) is 3.26. The Morgan fingerprint density at radius 1 is 1.21 bits per heavy atom. The van der Waals surface area contributed by atoms with Gasteiger partial charge >= 0.3 is 0 Å². The molecule has 1 N–H and O–H groups in total. The molecule has 19 heavy (non-hydrogen) atoms. The minimum atomic E-state index is -0.109. The van der Waals surface area contributed by atoms with Crippen molar-refractivity contribution in [2.75, 3.05) is 5.32 Å². The highest BCUT2D eigenvalue weighted by molar-refractivity contribution is 9.10. The van der Waals surface area contributed by atoms with Crippen LogP contribution in [0.5, 0.6) is 0 Å². The number of aryl methyl sites for hydroxylation is 3. The maximum absolute atomic E-state index is 12.2. The van der Waals surface area contributed by atoms with Crippen molar-refractivity contribution in [3.8, 4) is 0 Å². The summed E-state index contributed by atoms with van der Waals surface area (Å²) in [6.07, 6.45) is 0. The van der Waals surface area contributed by atoms with Crippen LogP contribution in [0.3, 0.4) is 0 Å². The van der Waals surface area contributed by atoms with Crippen LogP contribution in [0.2, 0.25) is 5.02 Å². The second kappa shape index (κ2) is 5.65. The van der Waals surface area contributed by atoms with Crippen molar-refractivity contribution in [3.63, 3.8) is 0 Å². The van der Waals surface area contributed by atoms with Crippen molar-refractivity contribution in [3.05, 3.63) is 48.6 Å². The van der Waals surface area contributed by atoms with Gasteiger partial charge in [-0.05, 0) is 66.0 Å². The summed E-state index contributed by atoms with van der Waals surface area (Å²) in [5.41, 5.74) is 2.79. The zero-order valence-electron chi connectivity index (χ0n) is 10.8. The summed E-state index contributed by atoms with van der Waals surface area (Å²) >= 11 is 11.0. The van der Waals surface area contributed by atoms with Gasteiger partial charge in [-0.3, -0.25) is 4.79 Å². The first-order valence-electron chi connectivity index (χ1n) is 5.72. The molecule has 100 valence electrons. The number of hydrogen-bond donors (Lipinski definition) is 1. The highest BCUT2D eigenvalue weighted by Crippen LogP contribution is 2.30. The highest BCUT2D eigenvalue weighted by atomic mass is 79.9. The van der Waals surface area contributed by atoms with Crippen LogP contribution in [0.1, 0.15) is 25.7 Å². The summed E-state index contributed by atoms with van der Waals surface area (Å²) in [6.45, 7) is 5.93. The zero-order chi connectivity index (χ0) is 14.2. The van der Waals surface area contributed by atoms with Crippen LogP contribution in [-0.2, 0) is 0 Å². The van der Waals surface area contributed by atoms with Gasteiger partial charge in [-0.2, -0.15) is 0 Å². The van der Waals surface area contributed by atoms with Crippen LogP contribution < -0.4 is 5.32 Å². The fraction of sp³-hybridized carbons (Fsp3) is 0.214. The lowest BCUT2D eigenvalue weighted by molar-refractivity contribution is 0.103. The third-order valence-electron chi connectivity index (χ3n) is 2.89. The van der Waals surface area contributed by atoms with E-state index in [1.165, 1.54) is 11.3 Å². The molecule has 1 aromatic carbocycles. The molecule has 0 spiro atoms. The molecule has 0 unspecified atom stereocenters. The van der Waals surface area contributed by atoms with E-state index in [2.05, 4.69) is 21.2 Å². The second-order valence-electron chi connectivity index (χ2n) is 4.39. The van der Waals surface area contributed by atoms with Crippen molar-refractivity contribution >= 4 is 50.5 Å². The zero-order valence-corrected chi connectivity index (χ0v) is 14.0. The molecule has 0 aliphatic carbocycles. The number of rotatable bonds is 2. The second-order valence-corrected chi connectivity index (χ2v) is 6.90. The Morgan fingerprint density at radius 3 is 2.47 bits per heavy atom. The van der Waals surface area contributed by atoms with Crippen molar-refractivity contribution in [1.29, 1.82) is 0 Å². The van der Waals surface area contributed by atoms with E-state index in [0.29, 0.717) is 15.6 Å². The van der Waals surface area contributed by atoms with Crippen LogP contribution in [-0.4, -0.2) is 5.91 Å². The van der Waals surface area contributed by atoms with Gasteiger partial charge in [-0.15, -0.1) is 11.3 Å². The van der Waals surface area contributed by atoms with Gasteiger partial charge in [-0.1, -0.05) is 11.6 Å². The van der Waals surface area contributed by atoms with E-state index in [9.17, 15) is 4.79 Å². The molecular formula is C14H13BrClNOS. The predicted octanol–water partition coefficient (Wildman–Crippen LogP) is 5.34. The highest BCUT2D eigenvalue weighted by Gasteiger charge is 2.13. The van der Waals surface area contributed by atoms with Crippen molar-refractivity contribution < 1.29 is 4.79 Å². The van der Waals surface area contributed by atoms with Gasteiger partial charge in [0.25, 0.3) is 5.91 Å². The van der Waals surface area contributed by atoms with Gasteiger partial charge in [0.15, 0.2) is 0 Å². The third kappa shape index (κ3) is 3.19. The van der Waals surface area contributed by atoms with Crippen molar-refractivity contribution in [2.24, 2.45) is 0 Å². The summed E-state index contributed by atoms with van der Waals surface area (Å²) in [4.78, 5) is 14.0. The van der Waals surface area contributed by atoms with E-state index in [1.807, 2.05) is 32.9 Å². The number of carbonyl (C=O) groups excluding carboxylic acids is 1. The molecule has 2 aromatic rings. The van der Waals surface area contributed by atoms with Gasteiger partial charge in [0.05, 0.1) is 10.6 Å². The molecule has 0 fully saturated rings. The number of amides is 1. The SMILES string of the molecule is Cc1cc(Br)c(NC(=O)c2cc(C)c(C)s2)cc1Cl. The topological polar surface area (TPSA) is 29.1 Å². The number of nitrogens with one attached hydrogen (secondary N) is 1. The summed E-state index contributed by atoms with van der Waals surface area (Å²) in [5.74, 6) is -0.109. The first-order chi connectivity index (χ1) is 8.88. The Kier molecular flexibility index (Phi) is 4.33. The molecule has 1 aromatic heterocycles. The average Bonchev–Trinajstić information content (AvgIpc) is 2.67. The van der Waals surface area contributed by atoms with E-state index in [0.717, 1.165) is 20.5 Å². The minimum absolute atomic E-state index is 0.109. The quantitative estimate of drug-likeness (QED) is 0.771. The summed E-state index contributed by atoms with van der Waals surface area (Å²) in [6, 6.07) is 5.55. The molecule has 0 aliphatic rings. The smallest absolute Gasteiger partial charge is 0.265 e. The molecule has 0 atom stereocenters. The lowest BCUT2D eigenvalue weighted by Crippen LogP contribution is -2.10. The van der Waals surface area contributed by atoms with Gasteiger partial charge in [0, 0.05) is 14.4 Å². The van der Waals surface area contributed by atoms with Crippen LogP contribution >= 0.6 is 38.9 Å². The molecule has 0 radical (unpaired) electrons. The maximum atomic E-state index is 12.2. The number of thiophene rings is 1. The fourth-order valence-electron chi connectivity index (χ4n) is 1.61. The number of anilines is 1. The van der Waals surface area contributed by atoms with Crippen molar-refractivity contribution in [2.45, 2.75) is 20.8 Å². The summed E-state index contributed by atoms with van der Waals surface area (Å²) in [5, 5.41) is 3.51. The molecular weight excluding hydrogens is 346 g/mol. The molecule has 0 saturated carbocycles. The summed E-state index contributed by atoms with van der Waals surface area (Å²) < 4.78 is 0.827. The lowest BCUT2D eigenvalue weighted by Gasteiger charge is -2.08. The molecule has 5 heteroatoms. The third-order valence-corrected chi connectivity index (χ3v) is 5.10. The van der Waals surface area contributed by atoms with Crippen LogP contribution in [0.4, 0.5) is 5.69 Å². The normalized spacial score (nSPS) is 10.6. The monoisotopic (exact) mass is 357 g/mol. The van der Waals surface area contributed by atoms with E-state index >= 15 is 0 Å². The summed E-state index contributed by atoms with van der Waals surface area (Å²) in [7, 11) is 0. The Morgan fingerprint density at radius 2 is 1.89 bits per heavy atom.